The summed E-state index contributed by atoms with van der Waals surface area (Å²) < 4.78 is 29.3. The number of nitrogens with two attached hydrogens (primary N) is 1. The Hall–Kier alpha value is -2.19. The molecule has 1 aromatic heterocycles. The first kappa shape index (κ1) is 16.7. The maximum Gasteiger partial charge on any atom is 0.277 e. The molecule has 1 saturated carbocycles. The number of nitrogens with zero attached hydrogens (tertiary/aromatic N) is 1. The van der Waals surface area contributed by atoms with Gasteiger partial charge in [-0.2, -0.15) is 0 Å². The number of hydrogen-bond donors (Lipinski definition) is 2. The summed E-state index contributed by atoms with van der Waals surface area (Å²) in [6, 6.07) is 7.70. The Morgan fingerprint density at radius 2 is 2.00 bits per heavy atom. The summed E-state index contributed by atoms with van der Waals surface area (Å²) >= 11 is 0. The third kappa shape index (κ3) is 3.82. The van der Waals surface area contributed by atoms with Gasteiger partial charge in [0, 0.05) is 17.7 Å². The van der Waals surface area contributed by atoms with Crippen LogP contribution in [0.2, 0.25) is 0 Å². The van der Waals surface area contributed by atoms with Gasteiger partial charge < -0.3 is 15.6 Å². The number of anilines is 1. The van der Waals surface area contributed by atoms with E-state index in [2.05, 4.69) is 10.5 Å². The van der Waals surface area contributed by atoms with Gasteiger partial charge in [0.15, 0.2) is 15.5 Å². The van der Waals surface area contributed by atoms with E-state index in [4.69, 9.17) is 10.3 Å². The average Bonchev–Trinajstić information content (AvgIpc) is 3.30. The van der Waals surface area contributed by atoms with Crippen LogP contribution in [0.3, 0.4) is 0 Å². The van der Waals surface area contributed by atoms with Gasteiger partial charge in [-0.15, -0.1) is 0 Å². The van der Waals surface area contributed by atoms with Crippen LogP contribution in [0.15, 0.2) is 39.8 Å². The minimum absolute atomic E-state index is 0.0120. The highest BCUT2D eigenvalue weighted by molar-refractivity contribution is 7.91. The van der Waals surface area contributed by atoms with Crippen molar-refractivity contribution in [1.82, 2.24) is 5.16 Å². The fourth-order valence-electron chi connectivity index (χ4n) is 2.29. The third-order valence-corrected chi connectivity index (χ3v) is 5.65. The Balaban J connectivity index is 1.65. The smallest absolute Gasteiger partial charge is 0.277 e. The zero-order chi connectivity index (χ0) is 17.2. The number of sulfone groups is 1. The molecule has 128 valence electrons. The van der Waals surface area contributed by atoms with Gasteiger partial charge in [-0.25, -0.2) is 8.42 Å². The van der Waals surface area contributed by atoms with E-state index in [0.717, 1.165) is 18.6 Å². The number of aromatic nitrogens is 1. The Kier molecular flexibility index (Phi) is 4.68. The molecule has 1 fully saturated rings. The van der Waals surface area contributed by atoms with Crippen LogP contribution in [0.4, 0.5) is 5.69 Å². The number of hydrogen-bond acceptors (Lipinski definition) is 6. The largest absolute Gasteiger partial charge is 0.360 e. The molecular weight excluding hydrogens is 330 g/mol. The van der Waals surface area contributed by atoms with Crippen molar-refractivity contribution in [1.29, 1.82) is 0 Å². The van der Waals surface area contributed by atoms with Crippen LogP contribution in [0.1, 0.15) is 41.4 Å². The van der Waals surface area contributed by atoms with Crippen LogP contribution in [0.25, 0.3) is 0 Å². The number of rotatable bonds is 7. The SMILES string of the molecule is NCCCS(=O)(=O)c1ccc(NC(=O)c2cc(C3CC3)on2)cc1. The van der Waals surface area contributed by atoms with Gasteiger partial charge in [-0.05, 0) is 50.1 Å². The quantitative estimate of drug-likeness (QED) is 0.789. The Morgan fingerprint density at radius 3 is 2.62 bits per heavy atom. The predicted molar refractivity (Wildman–Crippen MR) is 88.6 cm³/mol. The molecule has 1 amide bonds. The molecule has 0 radical (unpaired) electrons. The second kappa shape index (κ2) is 6.74. The molecule has 24 heavy (non-hydrogen) atoms. The Bertz CT molecular complexity index is 823. The minimum atomic E-state index is -3.34. The van der Waals surface area contributed by atoms with E-state index in [0.29, 0.717) is 24.6 Å². The van der Waals surface area contributed by atoms with E-state index in [9.17, 15) is 13.2 Å². The topological polar surface area (TPSA) is 115 Å². The number of carbonyl (C=O) groups excluding carboxylic acids is 1. The van der Waals surface area contributed by atoms with Crippen molar-refractivity contribution in [3.8, 4) is 0 Å². The van der Waals surface area contributed by atoms with Gasteiger partial charge in [0.25, 0.3) is 5.91 Å². The molecule has 1 heterocycles. The summed E-state index contributed by atoms with van der Waals surface area (Å²) in [5, 5.41) is 6.45. The molecule has 8 heteroatoms. The number of carbonyl (C=O) groups is 1. The molecule has 3 N–H and O–H groups in total. The van der Waals surface area contributed by atoms with Gasteiger partial charge >= 0.3 is 0 Å². The lowest BCUT2D eigenvalue weighted by Gasteiger charge is -2.06. The van der Waals surface area contributed by atoms with Crippen molar-refractivity contribution < 1.29 is 17.7 Å². The maximum atomic E-state index is 12.1. The van der Waals surface area contributed by atoms with Gasteiger partial charge in [0.05, 0.1) is 10.6 Å². The molecule has 3 rings (SSSR count). The molecule has 2 aromatic rings. The molecule has 0 unspecified atom stereocenters. The summed E-state index contributed by atoms with van der Waals surface area (Å²) in [5.74, 6) is 0.751. The number of amides is 1. The molecule has 0 saturated heterocycles. The van der Waals surface area contributed by atoms with Crippen molar-refractivity contribution in [2.24, 2.45) is 5.73 Å². The minimum Gasteiger partial charge on any atom is -0.360 e. The fourth-order valence-corrected chi connectivity index (χ4v) is 3.62. The molecule has 0 bridgehead atoms. The second-order valence-electron chi connectivity index (χ2n) is 5.83. The highest BCUT2D eigenvalue weighted by Gasteiger charge is 2.28. The van der Waals surface area contributed by atoms with Crippen molar-refractivity contribution in [2.45, 2.75) is 30.1 Å². The zero-order valence-electron chi connectivity index (χ0n) is 13.1. The molecule has 1 aliphatic carbocycles. The monoisotopic (exact) mass is 349 g/mol. The number of benzene rings is 1. The maximum absolute atomic E-state index is 12.1. The lowest BCUT2D eigenvalue weighted by molar-refractivity contribution is 0.101. The molecule has 0 atom stereocenters. The summed E-state index contributed by atoms with van der Waals surface area (Å²) in [7, 11) is -3.34. The van der Waals surface area contributed by atoms with Gasteiger partial charge in [0.2, 0.25) is 0 Å². The van der Waals surface area contributed by atoms with E-state index in [-0.39, 0.29) is 22.2 Å². The van der Waals surface area contributed by atoms with E-state index >= 15 is 0 Å². The lowest BCUT2D eigenvalue weighted by Crippen LogP contribution is -2.13. The van der Waals surface area contributed by atoms with Crippen LogP contribution < -0.4 is 11.1 Å². The van der Waals surface area contributed by atoms with Gasteiger partial charge in [0.1, 0.15) is 5.76 Å². The van der Waals surface area contributed by atoms with Crippen LogP contribution in [-0.2, 0) is 9.84 Å². The fraction of sp³-hybridized carbons (Fsp3) is 0.375. The highest BCUT2D eigenvalue weighted by Crippen LogP contribution is 2.40. The first-order valence-corrected chi connectivity index (χ1v) is 9.45. The Labute approximate surface area is 140 Å². The zero-order valence-corrected chi connectivity index (χ0v) is 13.9. The lowest BCUT2D eigenvalue weighted by atomic mass is 10.2. The van der Waals surface area contributed by atoms with Crippen molar-refractivity contribution in [3.05, 3.63) is 41.8 Å². The second-order valence-corrected chi connectivity index (χ2v) is 7.94. The average molecular weight is 349 g/mol. The van der Waals surface area contributed by atoms with Crippen molar-refractivity contribution in [3.63, 3.8) is 0 Å². The standard InChI is InChI=1S/C16H19N3O4S/c17-8-1-9-24(21,22)13-6-4-12(5-7-13)18-16(20)14-10-15(23-19-14)11-2-3-11/h4-7,10-11H,1-3,8-9,17H2,(H,18,20). The summed E-state index contributed by atoms with van der Waals surface area (Å²) in [4.78, 5) is 12.3. The molecule has 0 spiro atoms. The van der Waals surface area contributed by atoms with Crippen molar-refractivity contribution in [2.75, 3.05) is 17.6 Å². The van der Waals surface area contributed by atoms with Crippen LogP contribution in [0.5, 0.6) is 0 Å². The molecule has 7 nitrogen and oxygen atoms in total. The highest BCUT2D eigenvalue weighted by atomic mass is 32.2. The molecule has 1 aliphatic rings. The van der Waals surface area contributed by atoms with Crippen molar-refractivity contribution >= 4 is 21.4 Å². The van der Waals surface area contributed by atoms with Crippen LogP contribution >= 0.6 is 0 Å². The van der Waals surface area contributed by atoms with E-state index < -0.39 is 9.84 Å². The number of nitrogens with one attached hydrogen (secondary N) is 1. The van der Waals surface area contributed by atoms with Crippen LogP contribution in [-0.4, -0.2) is 31.8 Å². The predicted octanol–water partition coefficient (Wildman–Crippen LogP) is 1.93. The first-order valence-electron chi connectivity index (χ1n) is 7.80. The van der Waals surface area contributed by atoms with E-state index in [1.54, 1.807) is 18.2 Å². The van der Waals surface area contributed by atoms with E-state index in [1.807, 2.05) is 0 Å². The van der Waals surface area contributed by atoms with E-state index in [1.165, 1.54) is 12.1 Å². The molecule has 0 aliphatic heterocycles. The first-order chi connectivity index (χ1) is 11.5. The van der Waals surface area contributed by atoms with Gasteiger partial charge in [-0.3, -0.25) is 4.79 Å². The Morgan fingerprint density at radius 1 is 1.29 bits per heavy atom. The van der Waals surface area contributed by atoms with Crippen LogP contribution in [0, 0.1) is 0 Å². The molecule has 1 aromatic carbocycles. The summed E-state index contributed by atoms with van der Waals surface area (Å²) in [6.07, 6.45) is 2.54. The normalized spacial score (nSPS) is 14.5. The van der Waals surface area contributed by atoms with Gasteiger partial charge in [-0.1, -0.05) is 5.16 Å². The summed E-state index contributed by atoms with van der Waals surface area (Å²) in [5.41, 5.74) is 6.06. The summed E-state index contributed by atoms with van der Waals surface area (Å²) in [6.45, 7) is 0.327. The third-order valence-electron chi connectivity index (χ3n) is 3.83. The molecular formula is C16H19N3O4S.